The molecule has 12 heavy (non-hydrogen) atoms. The zero-order valence-corrected chi connectivity index (χ0v) is 7.22. The van der Waals surface area contributed by atoms with E-state index in [0.29, 0.717) is 6.54 Å². The lowest BCUT2D eigenvalue weighted by Crippen LogP contribution is -2.30. The minimum atomic E-state index is 0.154. The van der Waals surface area contributed by atoms with Crippen LogP contribution in [-0.4, -0.2) is 22.1 Å². The van der Waals surface area contributed by atoms with E-state index in [4.69, 9.17) is 0 Å². The van der Waals surface area contributed by atoms with E-state index < -0.39 is 0 Å². The summed E-state index contributed by atoms with van der Waals surface area (Å²) in [6, 6.07) is 0. The summed E-state index contributed by atoms with van der Waals surface area (Å²) in [4.78, 5) is 11.4. The van der Waals surface area contributed by atoms with E-state index in [1.807, 2.05) is 14.0 Å². The number of nitrogens with one attached hydrogen (secondary N) is 1. The summed E-state index contributed by atoms with van der Waals surface area (Å²) >= 11 is 0. The average Bonchev–Trinajstić information content (AvgIpc) is 2.29. The second-order valence-electron chi connectivity index (χ2n) is 3.06. The van der Waals surface area contributed by atoms with E-state index in [1.165, 1.54) is 0 Å². The lowest BCUT2D eigenvalue weighted by molar-refractivity contribution is 0.0981. The largest absolute Gasteiger partial charge is 0.304 e. The van der Waals surface area contributed by atoms with Gasteiger partial charge in [-0.3, -0.25) is 9.48 Å². The van der Waals surface area contributed by atoms with E-state index >= 15 is 0 Å². The maximum Gasteiger partial charge on any atom is 0.180 e. The Morgan fingerprint density at radius 3 is 2.92 bits per heavy atom. The molecule has 0 spiro atoms. The number of carbonyl (C=O) groups excluding carboxylic acids is 1. The molecule has 0 radical (unpaired) electrons. The lowest BCUT2D eigenvalue weighted by atomic mass is 10.1. The first-order valence-corrected chi connectivity index (χ1v) is 3.96. The molecule has 1 aromatic heterocycles. The molecule has 1 aromatic rings. The van der Waals surface area contributed by atoms with Crippen LogP contribution in [0, 0.1) is 6.92 Å². The van der Waals surface area contributed by atoms with Crippen LogP contribution in [0.25, 0.3) is 0 Å². The lowest BCUT2D eigenvalue weighted by Gasteiger charge is -2.12. The summed E-state index contributed by atoms with van der Waals surface area (Å²) in [6.45, 7) is 3.07. The van der Waals surface area contributed by atoms with Crippen molar-refractivity contribution in [3.63, 3.8) is 0 Å². The normalized spacial score (nSPS) is 16.3. The zero-order valence-electron chi connectivity index (χ0n) is 7.22. The Labute approximate surface area is 70.6 Å². The predicted molar refractivity (Wildman–Crippen MR) is 44.0 cm³/mol. The number of rotatable bonds is 0. The molecule has 64 valence electrons. The van der Waals surface area contributed by atoms with Crippen molar-refractivity contribution in [3.8, 4) is 0 Å². The molecule has 4 heteroatoms. The van der Waals surface area contributed by atoms with Crippen LogP contribution in [0.1, 0.15) is 21.7 Å². The molecular formula is C8H11N3O. The van der Waals surface area contributed by atoms with Gasteiger partial charge in [-0.15, -0.1) is 0 Å². The van der Waals surface area contributed by atoms with Crippen LogP contribution in [0.15, 0.2) is 0 Å². The zero-order chi connectivity index (χ0) is 8.72. The third-order valence-corrected chi connectivity index (χ3v) is 2.20. The average molecular weight is 165 g/mol. The number of nitrogens with zero attached hydrogens (tertiary/aromatic N) is 2. The van der Waals surface area contributed by atoms with Gasteiger partial charge in [-0.1, -0.05) is 0 Å². The van der Waals surface area contributed by atoms with Gasteiger partial charge in [-0.25, -0.2) is 0 Å². The fourth-order valence-corrected chi connectivity index (χ4v) is 1.65. The van der Waals surface area contributed by atoms with Crippen molar-refractivity contribution >= 4 is 5.78 Å². The summed E-state index contributed by atoms with van der Waals surface area (Å²) in [5.41, 5.74) is 2.67. The van der Waals surface area contributed by atoms with Crippen LogP contribution in [0.5, 0.6) is 0 Å². The summed E-state index contributed by atoms with van der Waals surface area (Å²) in [5.74, 6) is 0.154. The van der Waals surface area contributed by atoms with Gasteiger partial charge < -0.3 is 5.32 Å². The number of aromatic nitrogens is 2. The molecule has 4 nitrogen and oxygen atoms in total. The quantitative estimate of drug-likeness (QED) is 0.589. The van der Waals surface area contributed by atoms with Crippen LogP contribution in [0.2, 0.25) is 0 Å². The molecule has 1 N–H and O–H groups in total. The molecule has 0 aliphatic carbocycles. The third-order valence-electron chi connectivity index (χ3n) is 2.20. The van der Waals surface area contributed by atoms with E-state index in [9.17, 15) is 4.79 Å². The van der Waals surface area contributed by atoms with Gasteiger partial charge in [0.15, 0.2) is 5.78 Å². The minimum Gasteiger partial charge on any atom is -0.304 e. The van der Waals surface area contributed by atoms with Gasteiger partial charge in [-0.05, 0) is 6.92 Å². The van der Waals surface area contributed by atoms with Crippen molar-refractivity contribution in [2.24, 2.45) is 7.05 Å². The van der Waals surface area contributed by atoms with Gasteiger partial charge >= 0.3 is 0 Å². The van der Waals surface area contributed by atoms with E-state index in [2.05, 4.69) is 10.4 Å². The molecular weight excluding hydrogens is 154 g/mol. The van der Waals surface area contributed by atoms with Crippen LogP contribution in [0.4, 0.5) is 0 Å². The fourth-order valence-electron chi connectivity index (χ4n) is 1.65. The summed E-state index contributed by atoms with van der Waals surface area (Å²) in [5, 5.41) is 7.23. The molecule has 0 bridgehead atoms. The van der Waals surface area contributed by atoms with E-state index in [0.717, 1.165) is 23.5 Å². The molecule has 1 aliphatic heterocycles. The molecule has 2 rings (SSSR count). The first kappa shape index (κ1) is 7.49. The van der Waals surface area contributed by atoms with Gasteiger partial charge in [0.25, 0.3) is 0 Å². The third kappa shape index (κ3) is 0.881. The fraction of sp³-hybridized carbons (Fsp3) is 0.500. The maximum atomic E-state index is 11.4. The molecule has 2 heterocycles. The standard InChI is InChI=1S/C8H11N3O/c1-5-8-6(11(2)10-5)3-9-4-7(8)12/h9H,3-4H2,1-2H3. The Balaban J connectivity index is 2.62. The number of fused-ring (bicyclic) bond motifs is 1. The Kier molecular flexibility index (Phi) is 1.51. The Bertz CT molecular complexity index is 340. The maximum absolute atomic E-state index is 11.4. The number of hydrogen-bond donors (Lipinski definition) is 1. The van der Waals surface area contributed by atoms with Crippen LogP contribution >= 0.6 is 0 Å². The van der Waals surface area contributed by atoms with Gasteiger partial charge in [-0.2, -0.15) is 5.10 Å². The highest BCUT2D eigenvalue weighted by Gasteiger charge is 2.22. The highest BCUT2D eigenvalue weighted by Crippen LogP contribution is 2.16. The Hall–Kier alpha value is -1.16. The highest BCUT2D eigenvalue weighted by atomic mass is 16.1. The van der Waals surface area contributed by atoms with Gasteiger partial charge in [0, 0.05) is 13.6 Å². The second-order valence-corrected chi connectivity index (χ2v) is 3.06. The van der Waals surface area contributed by atoms with E-state index in [-0.39, 0.29) is 5.78 Å². The van der Waals surface area contributed by atoms with Crippen LogP contribution < -0.4 is 5.32 Å². The van der Waals surface area contributed by atoms with Crippen molar-refractivity contribution in [2.45, 2.75) is 13.5 Å². The smallest absolute Gasteiger partial charge is 0.180 e. The highest BCUT2D eigenvalue weighted by molar-refractivity contribution is 6.00. The summed E-state index contributed by atoms with van der Waals surface area (Å²) < 4.78 is 1.77. The van der Waals surface area contributed by atoms with Crippen molar-refractivity contribution in [1.82, 2.24) is 15.1 Å². The number of ketones is 1. The van der Waals surface area contributed by atoms with Crippen molar-refractivity contribution in [2.75, 3.05) is 6.54 Å². The van der Waals surface area contributed by atoms with Crippen LogP contribution in [0.3, 0.4) is 0 Å². The minimum absolute atomic E-state index is 0.154. The number of carbonyl (C=O) groups is 1. The first-order chi connectivity index (χ1) is 5.70. The number of Topliss-reactive ketones (excluding diaryl/α,β-unsaturated/α-hetero) is 1. The summed E-state index contributed by atoms with van der Waals surface area (Å²) in [6.07, 6.45) is 0. The number of hydrogen-bond acceptors (Lipinski definition) is 3. The predicted octanol–water partition coefficient (Wildman–Crippen LogP) is 0.0144. The second kappa shape index (κ2) is 2.42. The van der Waals surface area contributed by atoms with Crippen molar-refractivity contribution < 1.29 is 4.79 Å². The van der Waals surface area contributed by atoms with Crippen molar-refractivity contribution in [3.05, 3.63) is 17.0 Å². The Morgan fingerprint density at radius 1 is 1.50 bits per heavy atom. The van der Waals surface area contributed by atoms with Gasteiger partial charge in [0.1, 0.15) is 0 Å². The molecule has 1 aliphatic rings. The molecule has 0 atom stereocenters. The topological polar surface area (TPSA) is 46.9 Å². The first-order valence-electron chi connectivity index (χ1n) is 3.96. The van der Waals surface area contributed by atoms with Gasteiger partial charge in [0.05, 0.1) is 23.5 Å². The van der Waals surface area contributed by atoms with Gasteiger partial charge in [0.2, 0.25) is 0 Å². The number of aryl methyl sites for hydroxylation is 2. The monoisotopic (exact) mass is 165 g/mol. The molecule has 0 saturated carbocycles. The molecule has 0 saturated heterocycles. The molecule has 0 unspecified atom stereocenters. The van der Waals surface area contributed by atoms with Crippen molar-refractivity contribution in [1.29, 1.82) is 0 Å². The molecule has 0 amide bonds. The Morgan fingerprint density at radius 2 is 2.25 bits per heavy atom. The van der Waals surface area contributed by atoms with E-state index in [1.54, 1.807) is 4.68 Å². The molecule has 0 aromatic carbocycles. The van der Waals surface area contributed by atoms with Crippen LogP contribution in [-0.2, 0) is 13.6 Å². The summed E-state index contributed by atoms with van der Waals surface area (Å²) in [7, 11) is 1.87. The molecule has 0 fully saturated rings. The SMILES string of the molecule is Cc1nn(C)c2c1C(=O)CNC2.